The molecule has 0 bridgehead atoms. The van der Waals surface area contributed by atoms with E-state index in [9.17, 15) is 0 Å². The van der Waals surface area contributed by atoms with Crippen molar-refractivity contribution in [1.82, 2.24) is 0 Å². The monoisotopic (exact) mass is 227 g/mol. The minimum absolute atomic E-state index is 0.383. The first-order valence-corrected chi connectivity index (χ1v) is 6.96. The second kappa shape index (κ2) is 5.87. The third-order valence-corrected chi connectivity index (χ3v) is 4.28. The van der Waals surface area contributed by atoms with E-state index in [0.717, 1.165) is 5.69 Å². The molecule has 1 N–H and O–H groups in total. The van der Waals surface area contributed by atoms with Crippen LogP contribution in [-0.4, -0.2) is 29.8 Å². The molecule has 0 spiro atoms. The van der Waals surface area contributed by atoms with Crippen LogP contribution in [0.4, 0.5) is 5.69 Å². The van der Waals surface area contributed by atoms with Crippen molar-refractivity contribution in [3.63, 3.8) is 0 Å². The van der Waals surface area contributed by atoms with Gasteiger partial charge in [0.15, 0.2) is 0 Å². The molecule has 84 valence electrons. The lowest BCUT2D eigenvalue weighted by molar-refractivity contribution is 0.113. The Bertz CT molecular complexity index is 277. The molecule has 0 aliphatic heterocycles. The maximum atomic E-state index is 5.52. The molecule has 1 aromatic carbocycles. The summed E-state index contributed by atoms with van der Waals surface area (Å²) in [4.78, 5) is 0. The lowest BCUT2D eigenvalue weighted by Gasteiger charge is -2.22. The van der Waals surface area contributed by atoms with Gasteiger partial charge in [0.25, 0.3) is 0 Å². The summed E-state index contributed by atoms with van der Waals surface area (Å²) in [6, 6.07) is 9.84. The molecule has 0 aromatic heterocycles. The fourth-order valence-electron chi connectivity index (χ4n) is 1.01. The molecule has 1 rings (SSSR count). The molecular formula is C10H17NO3Si. The van der Waals surface area contributed by atoms with Gasteiger partial charge in [0.1, 0.15) is 6.73 Å². The molecule has 0 radical (unpaired) electrons. The molecule has 0 unspecified atom stereocenters. The summed E-state index contributed by atoms with van der Waals surface area (Å²) >= 11 is 0. The Morgan fingerprint density at radius 3 is 2.27 bits per heavy atom. The van der Waals surface area contributed by atoms with E-state index in [4.69, 9.17) is 13.3 Å². The van der Waals surface area contributed by atoms with E-state index in [1.807, 2.05) is 36.9 Å². The van der Waals surface area contributed by atoms with Crippen molar-refractivity contribution in [3.8, 4) is 0 Å². The number of hydrogen-bond acceptors (Lipinski definition) is 4. The topological polar surface area (TPSA) is 39.7 Å². The van der Waals surface area contributed by atoms with Crippen LogP contribution in [0.2, 0.25) is 6.55 Å². The first-order chi connectivity index (χ1) is 7.20. The third-order valence-electron chi connectivity index (χ3n) is 2.13. The highest BCUT2D eigenvalue weighted by Crippen LogP contribution is 2.08. The van der Waals surface area contributed by atoms with E-state index >= 15 is 0 Å². The smallest absolute Gasteiger partial charge is 0.377 e. The zero-order valence-electron chi connectivity index (χ0n) is 9.32. The highest BCUT2D eigenvalue weighted by molar-refractivity contribution is 6.59. The normalized spacial score (nSPS) is 11.4. The van der Waals surface area contributed by atoms with E-state index in [0.29, 0.717) is 6.73 Å². The van der Waals surface area contributed by atoms with Gasteiger partial charge in [-0.05, 0) is 12.1 Å². The van der Waals surface area contributed by atoms with Crippen molar-refractivity contribution in [2.24, 2.45) is 0 Å². The number of rotatable bonds is 6. The molecule has 1 aromatic rings. The van der Waals surface area contributed by atoms with Crippen LogP contribution in [0, 0.1) is 0 Å². The van der Waals surface area contributed by atoms with Gasteiger partial charge in [0.2, 0.25) is 0 Å². The fraction of sp³-hybridized carbons (Fsp3) is 0.400. The molecule has 0 heterocycles. The number of anilines is 1. The van der Waals surface area contributed by atoms with E-state index in [-0.39, 0.29) is 0 Å². The number of benzene rings is 1. The summed E-state index contributed by atoms with van der Waals surface area (Å²) in [5.41, 5.74) is 1.01. The molecule has 4 nitrogen and oxygen atoms in total. The predicted molar refractivity (Wildman–Crippen MR) is 61.7 cm³/mol. The average molecular weight is 227 g/mol. The van der Waals surface area contributed by atoms with Crippen LogP contribution in [0.1, 0.15) is 0 Å². The van der Waals surface area contributed by atoms with Gasteiger partial charge in [-0.2, -0.15) is 0 Å². The number of para-hydroxylation sites is 1. The highest BCUT2D eigenvalue weighted by atomic mass is 28.4. The van der Waals surface area contributed by atoms with Gasteiger partial charge in [-0.15, -0.1) is 0 Å². The van der Waals surface area contributed by atoms with E-state index in [1.54, 1.807) is 14.2 Å². The van der Waals surface area contributed by atoms with E-state index in [1.165, 1.54) is 0 Å². The van der Waals surface area contributed by atoms with Crippen molar-refractivity contribution in [3.05, 3.63) is 30.3 Å². The minimum Gasteiger partial charge on any atom is -0.377 e. The maximum Gasteiger partial charge on any atom is 0.498 e. The Morgan fingerprint density at radius 2 is 1.73 bits per heavy atom. The summed E-state index contributed by atoms with van der Waals surface area (Å²) in [6.07, 6.45) is 0. The van der Waals surface area contributed by atoms with Crippen LogP contribution < -0.4 is 5.32 Å². The quantitative estimate of drug-likeness (QED) is 0.595. The lowest BCUT2D eigenvalue weighted by Crippen LogP contribution is -2.41. The second-order valence-electron chi connectivity index (χ2n) is 3.10. The molecule has 0 amide bonds. The predicted octanol–water partition coefficient (Wildman–Crippen LogP) is 1.93. The van der Waals surface area contributed by atoms with Crippen LogP contribution in [0.25, 0.3) is 0 Å². The molecule has 0 saturated heterocycles. The Labute approximate surface area is 91.5 Å². The van der Waals surface area contributed by atoms with E-state index in [2.05, 4.69) is 5.32 Å². The van der Waals surface area contributed by atoms with Crippen LogP contribution in [0.3, 0.4) is 0 Å². The first kappa shape index (κ1) is 12.2. The number of hydrogen-bond donors (Lipinski definition) is 1. The fourth-order valence-corrected chi connectivity index (χ4v) is 1.74. The van der Waals surface area contributed by atoms with Crippen molar-refractivity contribution in [1.29, 1.82) is 0 Å². The van der Waals surface area contributed by atoms with Gasteiger partial charge >= 0.3 is 8.80 Å². The van der Waals surface area contributed by atoms with Gasteiger partial charge in [0, 0.05) is 26.5 Å². The molecular weight excluding hydrogens is 210 g/mol. The van der Waals surface area contributed by atoms with Crippen molar-refractivity contribution in [2.45, 2.75) is 6.55 Å². The first-order valence-electron chi connectivity index (χ1n) is 4.73. The second-order valence-corrected chi connectivity index (χ2v) is 5.93. The number of nitrogens with one attached hydrogen (secondary N) is 1. The zero-order valence-corrected chi connectivity index (χ0v) is 10.3. The van der Waals surface area contributed by atoms with Gasteiger partial charge in [-0.25, -0.2) is 0 Å². The van der Waals surface area contributed by atoms with Crippen LogP contribution >= 0.6 is 0 Å². The van der Waals surface area contributed by atoms with Crippen molar-refractivity contribution >= 4 is 14.5 Å². The summed E-state index contributed by atoms with van der Waals surface area (Å²) < 4.78 is 15.9. The Kier molecular flexibility index (Phi) is 4.77. The Hall–Kier alpha value is -0.883. The molecule has 0 atom stereocenters. The van der Waals surface area contributed by atoms with Gasteiger partial charge in [-0.1, -0.05) is 18.2 Å². The lowest BCUT2D eigenvalue weighted by atomic mass is 10.3. The molecule has 5 heteroatoms. The van der Waals surface area contributed by atoms with Crippen LogP contribution in [0.5, 0.6) is 0 Å². The molecule has 0 aliphatic carbocycles. The summed E-state index contributed by atoms with van der Waals surface area (Å²) in [5, 5.41) is 3.12. The Balaban J connectivity index is 2.33. The summed E-state index contributed by atoms with van der Waals surface area (Å²) in [5.74, 6) is 0. The third kappa shape index (κ3) is 4.01. The minimum atomic E-state index is -2.41. The molecule has 0 aliphatic rings. The van der Waals surface area contributed by atoms with Gasteiger partial charge in [-0.3, -0.25) is 0 Å². The molecule has 0 saturated carbocycles. The van der Waals surface area contributed by atoms with E-state index < -0.39 is 8.80 Å². The summed E-state index contributed by atoms with van der Waals surface area (Å²) in [7, 11) is 0.777. The van der Waals surface area contributed by atoms with Gasteiger partial charge < -0.3 is 18.6 Å². The summed E-state index contributed by atoms with van der Waals surface area (Å²) in [6.45, 7) is 2.23. The van der Waals surface area contributed by atoms with Crippen LogP contribution in [0.15, 0.2) is 30.3 Å². The van der Waals surface area contributed by atoms with Crippen LogP contribution in [-0.2, 0) is 13.3 Å². The SMILES string of the molecule is CO[Si](C)(OC)OCNc1ccccc1. The zero-order chi connectivity index (χ0) is 11.1. The largest absolute Gasteiger partial charge is 0.498 e. The highest BCUT2D eigenvalue weighted by Gasteiger charge is 2.31. The standard InChI is InChI=1S/C10H17NO3Si/c1-12-15(3,13-2)14-9-11-10-7-5-4-6-8-10/h4-8,11H,9H2,1-3H3. The van der Waals surface area contributed by atoms with Gasteiger partial charge in [0.05, 0.1) is 0 Å². The molecule has 0 fully saturated rings. The Morgan fingerprint density at radius 1 is 1.13 bits per heavy atom. The average Bonchev–Trinajstić information content (AvgIpc) is 2.30. The van der Waals surface area contributed by atoms with Crippen molar-refractivity contribution in [2.75, 3.05) is 26.3 Å². The molecule has 15 heavy (non-hydrogen) atoms. The maximum absolute atomic E-state index is 5.52. The van der Waals surface area contributed by atoms with Crippen molar-refractivity contribution < 1.29 is 13.3 Å².